The van der Waals surface area contributed by atoms with E-state index in [0.717, 1.165) is 11.1 Å². The Morgan fingerprint density at radius 1 is 1.47 bits per heavy atom. The molecule has 0 aliphatic rings. The molecule has 0 bridgehead atoms. The van der Waals surface area contributed by atoms with Gasteiger partial charge in [-0.2, -0.15) is 0 Å². The molecule has 15 heavy (non-hydrogen) atoms. The number of rotatable bonds is 5. The monoisotopic (exact) mass is 211 g/mol. The van der Waals surface area contributed by atoms with Gasteiger partial charge in [0.15, 0.2) is 0 Å². The summed E-state index contributed by atoms with van der Waals surface area (Å²) in [5, 5.41) is 12.8. The predicted molar refractivity (Wildman–Crippen MR) is 59.9 cm³/mol. The standard InChI is InChI=1S/C12H18FNO/c1-9-4-5-12(15)11(8-9)10(2)14-7-3-6-13/h4-5,8,10,14-15H,3,6-7H2,1-2H3. The normalized spacial score (nSPS) is 12.7. The second kappa shape index (κ2) is 5.71. The predicted octanol–water partition coefficient (Wildman–Crippen LogP) is 2.71. The summed E-state index contributed by atoms with van der Waals surface area (Å²) in [7, 11) is 0. The van der Waals surface area contributed by atoms with Crippen molar-refractivity contribution in [3.8, 4) is 5.75 Å². The lowest BCUT2D eigenvalue weighted by molar-refractivity contribution is 0.431. The average Bonchev–Trinajstić information content (AvgIpc) is 2.22. The summed E-state index contributed by atoms with van der Waals surface area (Å²) in [6.45, 7) is 4.27. The van der Waals surface area contributed by atoms with Gasteiger partial charge in [-0.1, -0.05) is 17.7 Å². The Labute approximate surface area is 90.1 Å². The minimum atomic E-state index is -0.306. The number of nitrogens with one attached hydrogen (secondary N) is 1. The molecule has 0 aliphatic heterocycles. The van der Waals surface area contributed by atoms with Crippen LogP contribution in [0.4, 0.5) is 4.39 Å². The summed E-state index contributed by atoms with van der Waals surface area (Å²) in [5.41, 5.74) is 1.98. The van der Waals surface area contributed by atoms with Gasteiger partial charge in [0, 0.05) is 11.6 Å². The molecule has 0 saturated heterocycles. The van der Waals surface area contributed by atoms with E-state index in [9.17, 15) is 9.50 Å². The Bertz CT molecular complexity index is 314. The Hall–Kier alpha value is -1.09. The average molecular weight is 211 g/mol. The van der Waals surface area contributed by atoms with Crippen LogP contribution in [-0.4, -0.2) is 18.3 Å². The third-order valence-corrected chi connectivity index (χ3v) is 2.41. The van der Waals surface area contributed by atoms with Crippen LogP contribution in [0.1, 0.15) is 30.5 Å². The molecule has 2 N–H and O–H groups in total. The van der Waals surface area contributed by atoms with Gasteiger partial charge in [0.1, 0.15) is 5.75 Å². The summed E-state index contributed by atoms with van der Waals surface area (Å²) in [6.07, 6.45) is 0.511. The van der Waals surface area contributed by atoms with Gasteiger partial charge in [-0.05, 0) is 32.9 Å². The summed E-state index contributed by atoms with van der Waals surface area (Å²) in [5.74, 6) is 0.292. The minimum Gasteiger partial charge on any atom is -0.508 e. The number of hydrogen-bond donors (Lipinski definition) is 2. The molecule has 1 unspecified atom stereocenters. The molecule has 0 fully saturated rings. The fourth-order valence-corrected chi connectivity index (χ4v) is 1.52. The van der Waals surface area contributed by atoms with Crippen molar-refractivity contribution in [2.75, 3.05) is 13.2 Å². The van der Waals surface area contributed by atoms with E-state index in [1.807, 2.05) is 26.0 Å². The van der Waals surface area contributed by atoms with Crippen molar-refractivity contribution in [1.82, 2.24) is 5.32 Å². The van der Waals surface area contributed by atoms with E-state index in [1.165, 1.54) is 0 Å². The topological polar surface area (TPSA) is 32.3 Å². The first kappa shape index (κ1) is 12.0. The number of phenolic OH excluding ortho intramolecular Hbond substituents is 1. The highest BCUT2D eigenvalue weighted by molar-refractivity contribution is 5.37. The van der Waals surface area contributed by atoms with E-state index in [1.54, 1.807) is 6.07 Å². The van der Waals surface area contributed by atoms with E-state index in [-0.39, 0.29) is 12.7 Å². The number of halogens is 1. The van der Waals surface area contributed by atoms with Crippen molar-refractivity contribution in [2.24, 2.45) is 0 Å². The molecule has 84 valence electrons. The second-order valence-electron chi connectivity index (χ2n) is 3.78. The number of aryl methyl sites for hydroxylation is 1. The fraction of sp³-hybridized carbons (Fsp3) is 0.500. The second-order valence-corrected chi connectivity index (χ2v) is 3.78. The van der Waals surface area contributed by atoms with Crippen LogP contribution in [0.5, 0.6) is 5.75 Å². The van der Waals surface area contributed by atoms with Crippen molar-refractivity contribution in [1.29, 1.82) is 0 Å². The van der Waals surface area contributed by atoms with Crippen LogP contribution >= 0.6 is 0 Å². The van der Waals surface area contributed by atoms with Gasteiger partial charge in [-0.3, -0.25) is 4.39 Å². The van der Waals surface area contributed by atoms with Gasteiger partial charge < -0.3 is 10.4 Å². The number of phenols is 1. The molecular weight excluding hydrogens is 193 g/mol. The summed E-state index contributed by atoms with van der Waals surface area (Å²) in [6, 6.07) is 5.56. The van der Waals surface area contributed by atoms with Crippen LogP contribution in [-0.2, 0) is 0 Å². The molecule has 0 spiro atoms. The molecular formula is C12H18FNO. The summed E-state index contributed by atoms with van der Waals surface area (Å²) < 4.78 is 11.9. The van der Waals surface area contributed by atoms with Crippen LogP contribution in [0.15, 0.2) is 18.2 Å². The van der Waals surface area contributed by atoms with Crippen molar-refractivity contribution >= 4 is 0 Å². The Kier molecular flexibility index (Phi) is 4.56. The molecule has 0 radical (unpaired) electrons. The van der Waals surface area contributed by atoms with E-state index in [2.05, 4.69) is 5.32 Å². The minimum absolute atomic E-state index is 0.0523. The van der Waals surface area contributed by atoms with E-state index < -0.39 is 0 Å². The van der Waals surface area contributed by atoms with Crippen LogP contribution in [0.2, 0.25) is 0 Å². The Balaban J connectivity index is 2.64. The summed E-state index contributed by atoms with van der Waals surface area (Å²) in [4.78, 5) is 0. The molecule has 1 aromatic rings. The number of alkyl halides is 1. The molecule has 1 atom stereocenters. The van der Waals surface area contributed by atoms with E-state index in [4.69, 9.17) is 0 Å². The van der Waals surface area contributed by atoms with Crippen molar-refractivity contribution in [2.45, 2.75) is 26.3 Å². The first-order chi connectivity index (χ1) is 7.15. The fourth-order valence-electron chi connectivity index (χ4n) is 1.52. The number of aromatic hydroxyl groups is 1. The maximum Gasteiger partial charge on any atom is 0.120 e. The molecule has 0 heterocycles. The highest BCUT2D eigenvalue weighted by Gasteiger charge is 2.09. The molecule has 0 saturated carbocycles. The molecule has 0 aromatic heterocycles. The lowest BCUT2D eigenvalue weighted by Crippen LogP contribution is -2.20. The highest BCUT2D eigenvalue weighted by Crippen LogP contribution is 2.24. The number of hydrogen-bond acceptors (Lipinski definition) is 2. The molecule has 3 heteroatoms. The van der Waals surface area contributed by atoms with Crippen LogP contribution in [0.3, 0.4) is 0 Å². The van der Waals surface area contributed by atoms with Gasteiger partial charge in [0.2, 0.25) is 0 Å². The van der Waals surface area contributed by atoms with Crippen LogP contribution in [0.25, 0.3) is 0 Å². The highest BCUT2D eigenvalue weighted by atomic mass is 19.1. The van der Waals surface area contributed by atoms with Gasteiger partial charge in [-0.25, -0.2) is 0 Å². The smallest absolute Gasteiger partial charge is 0.120 e. The summed E-state index contributed by atoms with van der Waals surface area (Å²) >= 11 is 0. The van der Waals surface area contributed by atoms with Gasteiger partial charge in [0.25, 0.3) is 0 Å². The molecule has 1 rings (SSSR count). The zero-order valence-corrected chi connectivity index (χ0v) is 9.26. The van der Waals surface area contributed by atoms with Gasteiger partial charge in [0.05, 0.1) is 6.67 Å². The lowest BCUT2D eigenvalue weighted by Gasteiger charge is -2.15. The molecule has 0 amide bonds. The van der Waals surface area contributed by atoms with Crippen LogP contribution in [0, 0.1) is 6.92 Å². The van der Waals surface area contributed by atoms with Gasteiger partial charge >= 0.3 is 0 Å². The quantitative estimate of drug-likeness (QED) is 0.734. The first-order valence-corrected chi connectivity index (χ1v) is 5.24. The lowest BCUT2D eigenvalue weighted by atomic mass is 10.0. The molecule has 1 aromatic carbocycles. The third-order valence-electron chi connectivity index (χ3n) is 2.41. The maximum absolute atomic E-state index is 11.9. The SMILES string of the molecule is Cc1ccc(O)c(C(C)NCCCF)c1. The Morgan fingerprint density at radius 3 is 2.87 bits per heavy atom. The van der Waals surface area contributed by atoms with Crippen molar-refractivity contribution in [3.63, 3.8) is 0 Å². The maximum atomic E-state index is 11.9. The van der Waals surface area contributed by atoms with Gasteiger partial charge in [-0.15, -0.1) is 0 Å². The largest absolute Gasteiger partial charge is 0.508 e. The number of benzene rings is 1. The zero-order chi connectivity index (χ0) is 11.3. The van der Waals surface area contributed by atoms with Crippen LogP contribution < -0.4 is 5.32 Å². The van der Waals surface area contributed by atoms with Crippen molar-refractivity contribution < 1.29 is 9.50 Å². The Morgan fingerprint density at radius 2 is 2.20 bits per heavy atom. The third kappa shape index (κ3) is 3.51. The zero-order valence-electron chi connectivity index (χ0n) is 9.26. The first-order valence-electron chi connectivity index (χ1n) is 5.24. The van der Waals surface area contributed by atoms with E-state index >= 15 is 0 Å². The van der Waals surface area contributed by atoms with Crippen molar-refractivity contribution in [3.05, 3.63) is 29.3 Å². The van der Waals surface area contributed by atoms with E-state index in [0.29, 0.717) is 18.7 Å². The molecule has 0 aliphatic carbocycles. The molecule has 2 nitrogen and oxygen atoms in total.